The van der Waals surface area contributed by atoms with Gasteiger partial charge in [0.2, 0.25) is 5.91 Å². The lowest BCUT2D eigenvalue weighted by molar-refractivity contribution is -0.138. The van der Waals surface area contributed by atoms with Crippen molar-refractivity contribution in [1.29, 1.82) is 0 Å². The van der Waals surface area contributed by atoms with E-state index in [-0.39, 0.29) is 23.8 Å². The first kappa shape index (κ1) is 23.4. The highest BCUT2D eigenvalue weighted by Crippen LogP contribution is 2.40. The SMILES string of the molecule is C[C@@H]1CNC[C@H](C(=O)N(Cc2cccc(Cl)c2Cl)C2CC2)[C@H]1c1cccc(-c2ccccc2)c1. The summed E-state index contributed by atoms with van der Waals surface area (Å²) in [4.78, 5) is 16.1. The van der Waals surface area contributed by atoms with Gasteiger partial charge in [-0.15, -0.1) is 0 Å². The Morgan fingerprint density at radius 1 is 0.941 bits per heavy atom. The molecule has 176 valence electrons. The molecule has 3 aromatic carbocycles. The van der Waals surface area contributed by atoms with Gasteiger partial charge in [-0.1, -0.05) is 96.9 Å². The number of hydrogen-bond donors (Lipinski definition) is 1. The van der Waals surface area contributed by atoms with Gasteiger partial charge in [0.15, 0.2) is 0 Å². The minimum Gasteiger partial charge on any atom is -0.335 e. The first-order valence-electron chi connectivity index (χ1n) is 12.1. The number of rotatable bonds is 6. The third-order valence-corrected chi connectivity index (χ3v) is 8.07. The first-order valence-corrected chi connectivity index (χ1v) is 12.9. The molecular weight excluding hydrogens is 463 g/mol. The average molecular weight is 493 g/mol. The van der Waals surface area contributed by atoms with Crippen molar-refractivity contribution in [2.24, 2.45) is 11.8 Å². The number of benzene rings is 3. The molecule has 0 bridgehead atoms. The van der Waals surface area contributed by atoms with Gasteiger partial charge >= 0.3 is 0 Å². The molecule has 2 aliphatic rings. The Hall–Kier alpha value is -2.33. The Morgan fingerprint density at radius 2 is 1.68 bits per heavy atom. The van der Waals surface area contributed by atoms with Crippen LogP contribution in [0.1, 0.15) is 36.8 Å². The molecule has 2 fully saturated rings. The molecule has 3 nitrogen and oxygen atoms in total. The summed E-state index contributed by atoms with van der Waals surface area (Å²) in [6.45, 7) is 4.36. The molecule has 3 aromatic rings. The van der Waals surface area contributed by atoms with Gasteiger partial charge in [-0.05, 0) is 53.6 Å². The van der Waals surface area contributed by atoms with Crippen LogP contribution in [0.25, 0.3) is 11.1 Å². The van der Waals surface area contributed by atoms with Crippen LogP contribution >= 0.6 is 23.2 Å². The van der Waals surface area contributed by atoms with E-state index in [0.29, 0.717) is 29.1 Å². The lowest BCUT2D eigenvalue weighted by atomic mass is 9.74. The van der Waals surface area contributed by atoms with Crippen LogP contribution in [-0.4, -0.2) is 29.9 Å². The van der Waals surface area contributed by atoms with Gasteiger partial charge in [0.05, 0.1) is 16.0 Å². The Morgan fingerprint density at radius 3 is 2.44 bits per heavy atom. The van der Waals surface area contributed by atoms with E-state index in [1.54, 1.807) is 6.07 Å². The van der Waals surface area contributed by atoms with Crippen molar-refractivity contribution >= 4 is 29.1 Å². The number of halogens is 2. The Balaban J connectivity index is 1.45. The summed E-state index contributed by atoms with van der Waals surface area (Å²) in [5, 5.41) is 4.59. The monoisotopic (exact) mass is 492 g/mol. The smallest absolute Gasteiger partial charge is 0.228 e. The number of carbonyl (C=O) groups excluding carboxylic acids is 1. The van der Waals surface area contributed by atoms with Crippen LogP contribution in [0.3, 0.4) is 0 Å². The zero-order chi connectivity index (χ0) is 23.7. The van der Waals surface area contributed by atoms with Crippen molar-refractivity contribution in [2.45, 2.75) is 38.3 Å². The predicted octanol–water partition coefficient (Wildman–Crippen LogP) is 6.79. The molecule has 5 rings (SSSR count). The first-order chi connectivity index (χ1) is 16.5. The van der Waals surface area contributed by atoms with Gasteiger partial charge in [-0.25, -0.2) is 0 Å². The summed E-state index contributed by atoms with van der Waals surface area (Å²) in [5.74, 6) is 0.610. The number of amides is 1. The predicted molar refractivity (Wildman–Crippen MR) is 140 cm³/mol. The number of nitrogens with one attached hydrogen (secondary N) is 1. The van der Waals surface area contributed by atoms with Gasteiger partial charge < -0.3 is 10.2 Å². The van der Waals surface area contributed by atoms with Crippen LogP contribution in [0.4, 0.5) is 0 Å². The summed E-state index contributed by atoms with van der Waals surface area (Å²) in [6, 6.07) is 25.1. The third kappa shape index (κ3) is 4.88. The zero-order valence-corrected chi connectivity index (χ0v) is 20.9. The molecule has 0 radical (unpaired) electrons. The summed E-state index contributed by atoms with van der Waals surface area (Å²) in [7, 11) is 0. The van der Waals surface area contributed by atoms with Gasteiger partial charge in [-0.2, -0.15) is 0 Å². The minimum absolute atomic E-state index is 0.117. The van der Waals surface area contributed by atoms with Crippen LogP contribution in [0.5, 0.6) is 0 Å². The second-order valence-corrected chi connectivity index (χ2v) is 10.5. The number of hydrogen-bond acceptors (Lipinski definition) is 2. The molecule has 1 aliphatic heterocycles. The van der Waals surface area contributed by atoms with Crippen LogP contribution in [0, 0.1) is 11.8 Å². The fourth-order valence-electron chi connectivity index (χ4n) is 5.32. The van der Waals surface area contributed by atoms with Gasteiger partial charge in [0.25, 0.3) is 0 Å². The van der Waals surface area contributed by atoms with Crippen LogP contribution in [0.15, 0.2) is 72.8 Å². The Kier molecular flexibility index (Phi) is 6.96. The number of piperidine rings is 1. The van der Waals surface area contributed by atoms with Crippen LogP contribution in [-0.2, 0) is 11.3 Å². The fourth-order valence-corrected chi connectivity index (χ4v) is 5.70. The third-order valence-electron chi connectivity index (χ3n) is 7.22. The van der Waals surface area contributed by atoms with Crippen molar-refractivity contribution in [3.05, 3.63) is 94.0 Å². The summed E-state index contributed by atoms with van der Waals surface area (Å²) >= 11 is 12.8. The molecule has 0 spiro atoms. The molecule has 1 saturated carbocycles. The van der Waals surface area contributed by atoms with Crippen molar-refractivity contribution in [2.75, 3.05) is 13.1 Å². The minimum atomic E-state index is -0.117. The lowest BCUT2D eigenvalue weighted by Gasteiger charge is -2.39. The van der Waals surface area contributed by atoms with E-state index < -0.39 is 0 Å². The maximum absolute atomic E-state index is 14.1. The molecule has 1 heterocycles. The molecule has 1 N–H and O–H groups in total. The molecule has 3 atom stereocenters. The maximum atomic E-state index is 14.1. The summed E-state index contributed by atoms with van der Waals surface area (Å²) in [6.07, 6.45) is 2.10. The molecule has 5 heteroatoms. The molecule has 34 heavy (non-hydrogen) atoms. The normalized spacial score (nSPS) is 22.4. The zero-order valence-electron chi connectivity index (χ0n) is 19.4. The molecule has 0 unspecified atom stereocenters. The van der Waals surface area contributed by atoms with E-state index in [2.05, 4.69) is 65.7 Å². The number of nitrogens with zero attached hydrogens (tertiary/aromatic N) is 1. The molecule has 1 saturated heterocycles. The van der Waals surface area contributed by atoms with Crippen molar-refractivity contribution < 1.29 is 4.79 Å². The van der Waals surface area contributed by atoms with Gasteiger partial charge in [0.1, 0.15) is 0 Å². The van der Waals surface area contributed by atoms with Gasteiger partial charge in [0, 0.05) is 25.0 Å². The van der Waals surface area contributed by atoms with E-state index in [9.17, 15) is 4.79 Å². The van der Waals surface area contributed by atoms with Crippen LogP contribution < -0.4 is 5.32 Å². The van der Waals surface area contributed by atoms with E-state index in [1.165, 1.54) is 16.7 Å². The lowest BCUT2D eigenvalue weighted by Crippen LogP contribution is -2.49. The fraction of sp³-hybridized carbons (Fsp3) is 0.345. The number of carbonyl (C=O) groups is 1. The summed E-state index contributed by atoms with van der Waals surface area (Å²) < 4.78 is 0. The quantitative estimate of drug-likeness (QED) is 0.410. The molecular formula is C29H30Cl2N2O. The van der Waals surface area contributed by atoms with E-state index in [1.807, 2.05) is 18.2 Å². The van der Waals surface area contributed by atoms with Crippen molar-refractivity contribution in [1.82, 2.24) is 10.2 Å². The van der Waals surface area contributed by atoms with E-state index >= 15 is 0 Å². The highest BCUT2D eigenvalue weighted by molar-refractivity contribution is 6.42. The summed E-state index contributed by atoms with van der Waals surface area (Å²) in [5.41, 5.74) is 4.54. The largest absolute Gasteiger partial charge is 0.335 e. The molecule has 0 aromatic heterocycles. The molecule has 1 amide bonds. The van der Waals surface area contributed by atoms with Crippen molar-refractivity contribution in [3.63, 3.8) is 0 Å². The molecule has 1 aliphatic carbocycles. The van der Waals surface area contributed by atoms with E-state index in [4.69, 9.17) is 23.2 Å². The second kappa shape index (κ2) is 10.1. The highest BCUT2D eigenvalue weighted by Gasteiger charge is 2.42. The van der Waals surface area contributed by atoms with Gasteiger partial charge in [-0.3, -0.25) is 4.79 Å². The highest BCUT2D eigenvalue weighted by atomic mass is 35.5. The second-order valence-electron chi connectivity index (χ2n) is 9.67. The average Bonchev–Trinajstić information content (AvgIpc) is 3.70. The van der Waals surface area contributed by atoms with Crippen LogP contribution in [0.2, 0.25) is 10.0 Å². The van der Waals surface area contributed by atoms with Crippen molar-refractivity contribution in [3.8, 4) is 11.1 Å². The van der Waals surface area contributed by atoms with E-state index in [0.717, 1.165) is 24.9 Å². The standard InChI is InChI=1S/C29H30Cl2N2O/c1-19-16-32-17-25(27(19)22-10-5-9-21(15-22)20-7-3-2-4-8-20)29(34)33(24-13-14-24)18-23-11-6-12-26(30)28(23)31/h2-12,15,19,24-25,27,32H,13-14,16-18H2,1H3/t19-,25+,27-/m1/s1. The maximum Gasteiger partial charge on any atom is 0.228 e. The Labute approximate surface area is 212 Å². The topological polar surface area (TPSA) is 32.3 Å². The Bertz CT molecular complexity index is 1160.